The first-order valence-corrected chi connectivity index (χ1v) is 4.57. The number of hydrogen-bond acceptors (Lipinski definition) is 2. The number of aryl methyl sites for hydroxylation is 1. The maximum atomic E-state index is 10.7. The van der Waals surface area contributed by atoms with Crippen LogP contribution in [-0.4, -0.2) is 17.1 Å². The Morgan fingerprint density at radius 3 is 2.64 bits per heavy atom. The maximum absolute atomic E-state index is 10.7. The molecule has 3 nitrogen and oxygen atoms in total. The Hall–Kier alpha value is -1.35. The summed E-state index contributed by atoms with van der Waals surface area (Å²) in [6, 6.07) is 6.92. The fraction of sp³-hybridized carbons (Fsp3) is 0.364. The molecule has 0 amide bonds. The highest BCUT2D eigenvalue weighted by atomic mass is 16.4. The van der Waals surface area contributed by atoms with Crippen molar-refractivity contribution in [1.29, 1.82) is 0 Å². The minimum absolute atomic E-state index is 0.160. The molecule has 0 radical (unpaired) electrons. The topological polar surface area (TPSA) is 63.3 Å². The number of aliphatic carboxylic acids is 1. The van der Waals surface area contributed by atoms with E-state index in [1.165, 1.54) is 0 Å². The van der Waals surface area contributed by atoms with Crippen molar-refractivity contribution in [3.63, 3.8) is 0 Å². The number of hydrogen-bond donors (Lipinski definition) is 2. The normalized spacial score (nSPS) is 14.8. The summed E-state index contributed by atoms with van der Waals surface area (Å²) in [5.74, 6) is -1.12. The molecule has 0 saturated heterocycles. The zero-order chi connectivity index (χ0) is 10.7. The second-order valence-corrected chi connectivity index (χ2v) is 3.57. The van der Waals surface area contributed by atoms with Crippen molar-refractivity contribution in [2.75, 3.05) is 0 Å². The van der Waals surface area contributed by atoms with Crippen molar-refractivity contribution in [1.82, 2.24) is 0 Å². The molecule has 3 heteroatoms. The first-order valence-electron chi connectivity index (χ1n) is 4.57. The summed E-state index contributed by atoms with van der Waals surface area (Å²) in [5.41, 5.74) is 7.63. The Morgan fingerprint density at radius 2 is 2.14 bits per heavy atom. The van der Waals surface area contributed by atoms with E-state index in [1.807, 2.05) is 38.1 Å². The molecule has 0 fully saturated rings. The molecular weight excluding hydrogens is 178 g/mol. The summed E-state index contributed by atoms with van der Waals surface area (Å²) in [5, 5.41) is 8.76. The molecule has 14 heavy (non-hydrogen) atoms. The quantitative estimate of drug-likeness (QED) is 0.764. The fourth-order valence-corrected chi connectivity index (χ4v) is 1.37. The fourth-order valence-electron chi connectivity index (χ4n) is 1.37. The first-order chi connectivity index (χ1) is 6.52. The van der Waals surface area contributed by atoms with Gasteiger partial charge in [-0.3, -0.25) is 4.79 Å². The highest BCUT2D eigenvalue weighted by molar-refractivity contribution is 5.74. The van der Waals surface area contributed by atoms with Crippen molar-refractivity contribution in [3.05, 3.63) is 35.4 Å². The Kier molecular flexibility index (Phi) is 3.25. The van der Waals surface area contributed by atoms with Crippen LogP contribution in [0.2, 0.25) is 0 Å². The molecular formula is C11H15NO2. The summed E-state index contributed by atoms with van der Waals surface area (Å²) in [6.07, 6.45) is 0. The van der Waals surface area contributed by atoms with Crippen molar-refractivity contribution in [2.24, 2.45) is 5.73 Å². The lowest BCUT2D eigenvalue weighted by atomic mass is 9.93. The van der Waals surface area contributed by atoms with Gasteiger partial charge in [0.2, 0.25) is 0 Å². The lowest BCUT2D eigenvalue weighted by molar-refractivity contribution is -0.139. The summed E-state index contributed by atoms with van der Waals surface area (Å²) in [7, 11) is 0. The van der Waals surface area contributed by atoms with Crippen LogP contribution in [0.5, 0.6) is 0 Å². The smallest absolute Gasteiger partial charge is 0.321 e. The highest BCUT2D eigenvalue weighted by Gasteiger charge is 2.21. The zero-order valence-corrected chi connectivity index (χ0v) is 8.40. The largest absolute Gasteiger partial charge is 0.480 e. The minimum Gasteiger partial charge on any atom is -0.480 e. The monoisotopic (exact) mass is 193 g/mol. The average molecular weight is 193 g/mol. The molecule has 1 aromatic rings. The third kappa shape index (κ3) is 2.33. The van der Waals surface area contributed by atoms with Crippen LogP contribution in [-0.2, 0) is 4.79 Å². The molecule has 1 aromatic carbocycles. The molecule has 2 unspecified atom stereocenters. The van der Waals surface area contributed by atoms with Gasteiger partial charge >= 0.3 is 5.97 Å². The van der Waals surface area contributed by atoms with Gasteiger partial charge in [0.25, 0.3) is 0 Å². The predicted octanol–water partition coefficient (Wildman–Crippen LogP) is 1.51. The summed E-state index contributed by atoms with van der Waals surface area (Å²) in [4.78, 5) is 10.7. The van der Waals surface area contributed by atoms with E-state index < -0.39 is 12.0 Å². The lowest BCUT2D eigenvalue weighted by Gasteiger charge is -2.16. The van der Waals surface area contributed by atoms with Crippen LogP contribution in [0.1, 0.15) is 24.0 Å². The molecule has 0 aliphatic rings. The third-order valence-corrected chi connectivity index (χ3v) is 2.39. The number of nitrogens with two attached hydrogens (primary N) is 1. The van der Waals surface area contributed by atoms with Crippen molar-refractivity contribution < 1.29 is 9.90 Å². The Bertz CT molecular complexity index is 336. The highest BCUT2D eigenvalue weighted by Crippen LogP contribution is 2.19. The minimum atomic E-state index is -0.959. The molecule has 3 N–H and O–H groups in total. The van der Waals surface area contributed by atoms with E-state index in [-0.39, 0.29) is 5.92 Å². The zero-order valence-electron chi connectivity index (χ0n) is 8.40. The molecule has 0 heterocycles. The van der Waals surface area contributed by atoms with Crippen LogP contribution in [0.3, 0.4) is 0 Å². The number of carboxylic acid groups (broad SMARTS) is 1. The number of rotatable bonds is 3. The van der Waals surface area contributed by atoms with Gasteiger partial charge in [-0.05, 0) is 12.5 Å². The van der Waals surface area contributed by atoms with Gasteiger partial charge in [-0.25, -0.2) is 0 Å². The maximum Gasteiger partial charge on any atom is 0.321 e. The summed E-state index contributed by atoms with van der Waals surface area (Å²) < 4.78 is 0. The standard InChI is InChI=1S/C11H15NO2/c1-7-4-3-5-9(6-7)8(2)10(12)11(13)14/h3-6,8,10H,12H2,1-2H3,(H,13,14). The van der Waals surface area contributed by atoms with Crippen molar-refractivity contribution >= 4 is 5.97 Å². The molecule has 0 spiro atoms. The van der Waals surface area contributed by atoms with E-state index in [2.05, 4.69) is 0 Å². The molecule has 0 aliphatic heterocycles. The van der Waals surface area contributed by atoms with Crippen LogP contribution in [0.25, 0.3) is 0 Å². The van der Waals surface area contributed by atoms with Gasteiger partial charge in [0, 0.05) is 5.92 Å². The molecule has 2 atom stereocenters. The molecule has 76 valence electrons. The van der Waals surface area contributed by atoms with E-state index in [0.29, 0.717) is 0 Å². The second kappa shape index (κ2) is 4.24. The van der Waals surface area contributed by atoms with Crippen molar-refractivity contribution in [2.45, 2.75) is 25.8 Å². The van der Waals surface area contributed by atoms with Gasteiger partial charge in [-0.2, -0.15) is 0 Å². The van der Waals surface area contributed by atoms with Crippen LogP contribution in [0, 0.1) is 6.92 Å². The molecule has 0 saturated carbocycles. The lowest BCUT2D eigenvalue weighted by Crippen LogP contribution is -2.35. The number of benzene rings is 1. The van der Waals surface area contributed by atoms with E-state index in [0.717, 1.165) is 11.1 Å². The van der Waals surface area contributed by atoms with E-state index in [1.54, 1.807) is 0 Å². The van der Waals surface area contributed by atoms with Crippen LogP contribution >= 0.6 is 0 Å². The van der Waals surface area contributed by atoms with Gasteiger partial charge in [0.15, 0.2) is 0 Å². The molecule has 0 aliphatic carbocycles. The van der Waals surface area contributed by atoms with E-state index in [4.69, 9.17) is 10.8 Å². The van der Waals surface area contributed by atoms with E-state index >= 15 is 0 Å². The van der Waals surface area contributed by atoms with Gasteiger partial charge in [-0.1, -0.05) is 36.8 Å². The van der Waals surface area contributed by atoms with Crippen LogP contribution in [0.15, 0.2) is 24.3 Å². The third-order valence-electron chi connectivity index (χ3n) is 2.39. The van der Waals surface area contributed by atoms with Crippen LogP contribution < -0.4 is 5.73 Å². The molecule has 0 aromatic heterocycles. The Balaban J connectivity index is 2.89. The summed E-state index contributed by atoms with van der Waals surface area (Å²) in [6.45, 7) is 3.80. The Morgan fingerprint density at radius 1 is 1.50 bits per heavy atom. The number of carbonyl (C=O) groups is 1. The Labute approximate surface area is 83.6 Å². The summed E-state index contributed by atoms with van der Waals surface area (Å²) >= 11 is 0. The SMILES string of the molecule is Cc1cccc(C(C)C(N)C(=O)O)c1. The van der Waals surface area contributed by atoms with Gasteiger partial charge in [-0.15, -0.1) is 0 Å². The van der Waals surface area contributed by atoms with Gasteiger partial charge in [0.1, 0.15) is 6.04 Å². The second-order valence-electron chi connectivity index (χ2n) is 3.57. The van der Waals surface area contributed by atoms with Crippen molar-refractivity contribution in [3.8, 4) is 0 Å². The van der Waals surface area contributed by atoms with E-state index in [9.17, 15) is 4.79 Å². The van der Waals surface area contributed by atoms with Gasteiger partial charge < -0.3 is 10.8 Å². The van der Waals surface area contributed by atoms with Crippen LogP contribution in [0.4, 0.5) is 0 Å². The number of carboxylic acids is 1. The average Bonchev–Trinajstić information content (AvgIpc) is 2.15. The van der Waals surface area contributed by atoms with Gasteiger partial charge in [0.05, 0.1) is 0 Å². The first kappa shape index (κ1) is 10.7. The molecule has 0 bridgehead atoms. The predicted molar refractivity (Wildman–Crippen MR) is 55.2 cm³/mol. The molecule has 1 rings (SSSR count).